The molecule has 1 amide bonds. The highest BCUT2D eigenvalue weighted by atomic mass is 16.3. The summed E-state index contributed by atoms with van der Waals surface area (Å²) in [6.07, 6.45) is 7.14. The van der Waals surface area contributed by atoms with E-state index in [9.17, 15) is 9.90 Å². The molecule has 2 N–H and O–H groups in total. The van der Waals surface area contributed by atoms with Crippen LogP contribution in [0.4, 0.5) is 0 Å². The van der Waals surface area contributed by atoms with Gasteiger partial charge >= 0.3 is 0 Å². The first-order valence-electron chi connectivity index (χ1n) is 7.12. The first kappa shape index (κ1) is 13.8. The summed E-state index contributed by atoms with van der Waals surface area (Å²) in [4.78, 5) is 16.5. The summed E-state index contributed by atoms with van der Waals surface area (Å²) in [6.45, 7) is 2.62. The lowest BCUT2D eigenvalue weighted by molar-refractivity contribution is 0.0935. The van der Waals surface area contributed by atoms with Crippen LogP contribution in [-0.2, 0) is 0 Å². The van der Waals surface area contributed by atoms with Gasteiger partial charge in [0.1, 0.15) is 0 Å². The van der Waals surface area contributed by atoms with E-state index in [-0.39, 0.29) is 17.9 Å². The second-order valence-corrected chi connectivity index (χ2v) is 5.83. The summed E-state index contributed by atoms with van der Waals surface area (Å²) >= 11 is 0. The molecule has 1 fully saturated rings. The molecule has 5 heteroatoms. The predicted molar refractivity (Wildman–Crippen MR) is 79.4 cm³/mol. The lowest BCUT2D eigenvalue weighted by Crippen LogP contribution is -2.32. The van der Waals surface area contributed by atoms with Gasteiger partial charge in [-0.05, 0) is 31.9 Å². The van der Waals surface area contributed by atoms with Gasteiger partial charge in [-0.25, -0.2) is 4.98 Å². The molecular formula is C16H19N3O2. The number of hydrogen-bond donors (Lipinski definition) is 2. The van der Waals surface area contributed by atoms with Crippen molar-refractivity contribution in [3.8, 4) is 5.69 Å². The number of imidazole rings is 1. The van der Waals surface area contributed by atoms with E-state index in [2.05, 4.69) is 10.3 Å². The number of carbonyl (C=O) groups excluding carboxylic acids is 1. The molecule has 1 heterocycles. The van der Waals surface area contributed by atoms with Gasteiger partial charge < -0.3 is 15.0 Å². The highest BCUT2D eigenvalue weighted by Gasteiger charge is 2.42. The van der Waals surface area contributed by atoms with Crippen molar-refractivity contribution < 1.29 is 9.90 Å². The monoisotopic (exact) mass is 285 g/mol. The molecule has 0 unspecified atom stereocenters. The number of aliphatic hydroxyl groups excluding tert-OH is 1. The molecule has 2 aromatic rings. The van der Waals surface area contributed by atoms with Gasteiger partial charge in [-0.15, -0.1) is 0 Å². The molecule has 1 aromatic heterocycles. The molecule has 1 aromatic carbocycles. The van der Waals surface area contributed by atoms with Crippen LogP contribution in [0.15, 0.2) is 36.9 Å². The maximum atomic E-state index is 12.5. The molecule has 1 saturated carbocycles. The van der Waals surface area contributed by atoms with Crippen molar-refractivity contribution in [2.24, 2.45) is 5.41 Å². The van der Waals surface area contributed by atoms with Crippen LogP contribution in [0.2, 0.25) is 0 Å². The second kappa shape index (κ2) is 5.33. The van der Waals surface area contributed by atoms with Crippen LogP contribution in [0.3, 0.4) is 0 Å². The molecule has 5 nitrogen and oxygen atoms in total. The Bertz CT molecular complexity index is 646. The number of nitrogens with one attached hydrogen (secondary N) is 1. The zero-order valence-corrected chi connectivity index (χ0v) is 12.0. The number of hydrogen-bond acceptors (Lipinski definition) is 3. The molecule has 0 radical (unpaired) electrons. The fourth-order valence-electron chi connectivity index (χ4n) is 2.39. The number of aliphatic hydroxyl groups is 1. The van der Waals surface area contributed by atoms with E-state index >= 15 is 0 Å². The number of carbonyl (C=O) groups is 1. The first-order chi connectivity index (χ1) is 10.1. The Kier molecular flexibility index (Phi) is 3.51. The van der Waals surface area contributed by atoms with Crippen molar-refractivity contribution in [3.63, 3.8) is 0 Å². The van der Waals surface area contributed by atoms with E-state index in [1.165, 1.54) is 0 Å². The largest absolute Gasteiger partial charge is 0.396 e. The van der Waals surface area contributed by atoms with Gasteiger partial charge in [0.25, 0.3) is 5.91 Å². The van der Waals surface area contributed by atoms with Gasteiger partial charge in [0.05, 0.1) is 24.2 Å². The molecule has 0 aliphatic heterocycles. The van der Waals surface area contributed by atoms with Gasteiger partial charge in [-0.2, -0.15) is 0 Å². The number of amides is 1. The minimum Gasteiger partial charge on any atom is -0.396 e. The minimum atomic E-state index is -0.109. The quantitative estimate of drug-likeness (QED) is 0.878. The normalized spacial score (nSPS) is 15.7. The number of nitrogens with zero attached hydrogens (tertiary/aromatic N) is 2. The fraction of sp³-hybridized carbons (Fsp3) is 0.375. The van der Waals surface area contributed by atoms with Crippen molar-refractivity contribution in [3.05, 3.63) is 48.0 Å². The molecule has 0 atom stereocenters. The van der Waals surface area contributed by atoms with E-state index in [0.717, 1.165) is 24.1 Å². The van der Waals surface area contributed by atoms with Crippen molar-refractivity contribution in [2.75, 3.05) is 13.2 Å². The smallest absolute Gasteiger partial charge is 0.253 e. The van der Waals surface area contributed by atoms with Gasteiger partial charge in [-0.1, -0.05) is 11.6 Å². The summed E-state index contributed by atoms with van der Waals surface area (Å²) in [6, 6.07) is 5.77. The predicted octanol–water partition coefficient (Wildman–Crippen LogP) is 1.68. The third-order valence-electron chi connectivity index (χ3n) is 4.10. The Labute approximate surface area is 123 Å². The fourth-order valence-corrected chi connectivity index (χ4v) is 2.39. The average Bonchev–Trinajstić information content (AvgIpc) is 3.08. The summed E-state index contributed by atoms with van der Waals surface area (Å²) in [5.74, 6) is -0.109. The molecule has 0 bridgehead atoms. The summed E-state index contributed by atoms with van der Waals surface area (Å²) in [5, 5.41) is 12.3. The lowest BCUT2D eigenvalue weighted by atomic mass is 10.1. The molecular weight excluding hydrogens is 266 g/mol. The zero-order valence-electron chi connectivity index (χ0n) is 12.0. The van der Waals surface area contributed by atoms with Crippen molar-refractivity contribution >= 4 is 5.91 Å². The van der Waals surface area contributed by atoms with Crippen LogP contribution >= 0.6 is 0 Å². The van der Waals surface area contributed by atoms with Crippen molar-refractivity contribution in [1.82, 2.24) is 14.9 Å². The SMILES string of the molecule is Cc1ccc(-n2ccnc2)c(C(=O)NCC2(CO)CC2)c1. The maximum absolute atomic E-state index is 12.5. The van der Waals surface area contributed by atoms with Gasteiger partial charge in [-0.3, -0.25) is 4.79 Å². The van der Waals surface area contributed by atoms with E-state index in [1.807, 2.05) is 35.9 Å². The number of aryl methyl sites for hydroxylation is 1. The van der Waals surface area contributed by atoms with Crippen LogP contribution in [0, 0.1) is 12.3 Å². The summed E-state index contributed by atoms with van der Waals surface area (Å²) in [5.41, 5.74) is 2.38. The third kappa shape index (κ3) is 2.83. The van der Waals surface area contributed by atoms with Crippen LogP contribution in [-0.4, -0.2) is 33.7 Å². The van der Waals surface area contributed by atoms with Gasteiger partial charge in [0, 0.05) is 24.4 Å². The van der Waals surface area contributed by atoms with E-state index in [1.54, 1.807) is 12.5 Å². The molecule has 0 spiro atoms. The van der Waals surface area contributed by atoms with Crippen molar-refractivity contribution in [1.29, 1.82) is 0 Å². The Morgan fingerprint density at radius 3 is 2.90 bits per heavy atom. The van der Waals surface area contributed by atoms with E-state index < -0.39 is 0 Å². The molecule has 1 aliphatic carbocycles. The second-order valence-electron chi connectivity index (χ2n) is 5.83. The lowest BCUT2D eigenvalue weighted by Gasteiger charge is -2.15. The topological polar surface area (TPSA) is 67.2 Å². The Balaban J connectivity index is 1.83. The number of rotatable bonds is 5. The maximum Gasteiger partial charge on any atom is 0.253 e. The molecule has 21 heavy (non-hydrogen) atoms. The van der Waals surface area contributed by atoms with Crippen LogP contribution in [0.1, 0.15) is 28.8 Å². The Morgan fingerprint density at radius 1 is 1.48 bits per heavy atom. The highest BCUT2D eigenvalue weighted by Crippen LogP contribution is 2.44. The minimum absolute atomic E-state index is 0.0886. The molecule has 3 rings (SSSR count). The van der Waals surface area contributed by atoms with Crippen LogP contribution in [0.25, 0.3) is 5.69 Å². The molecule has 0 saturated heterocycles. The van der Waals surface area contributed by atoms with Gasteiger partial charge in [0.15, 0.2) is 0 Å². The third-order valence-corrected chi connectivity index (χ3v) is 4.10. The van der Waals surface area contributed by atoms with E-state index in [4.69, 9.17) is 0 Å². The van der Waals surface area contributed by atoms with Crippen LogP contribution < -0.4 is 5.32 Å². The van der Waals surface area contributed by atoms with Crippen molar-refractivity contribution in [2.45, 2.75) is 19.8 Å². The average molecular weight is 285 g/mol. The molecule has 110 valence electrons. The summed E-state index contributed by atoms with van der Waals surface area (Å²) in [7, 11) is 0. The number of aromatic nitrogens is 2. The Hall–Kier alpha value is -2.14. The molecule has 1 aliphatic rings. The summed E-state index contributed by atoms with van der Waals surface area (Å²) < 4.78 is 1.83. The van der Waals surface area contributed by atoms with Crippen LogP contribution in [0.5, 0.6) is 0 Å². The zero-order chi connectivity index (χ0) is 14.9. The van der Waals surface area contributed by atoms with Gasteiger partial charge in [0.2, 0.25) is 0 Å². The standard InChI is InChI=1S/C16H19N3O2/c1-12-2-3-14(19-7-6-17-11-19)13(8-12)15(21)18-9-16(10-20)4-5-16/h2-3,6-8,11,20H,4-5,9-10H2,1H3,(H,18,21). The Morgan fingerprint density at radius 2 is 2.29 bits per heavy atom. The first-order valence-corrected chi connectivity index (χ1v) is 7.12. The highest BCUT2D eigenvalue weighted by molar-refractivity contribution is 5.98. The number of benzene rings is 1. The van der Waals surface area contributed by atoms with E-state index in [0.29, 0.717) is 12.1 Å².